The highest BCUT2D eigenvalue weighted by Gasteiger charge is 2.19. The highest BCUT2D eigenvalue weighted by Crippen LogP contribution is 2.19. The molecule has 1 aliphatic heterocycles. The number of benzene rings is 1. The van der Waals surface area contributed by atoms with Gasteiger partial charge in [-0.2, -0.15) is 5.26 Å². The minimum absolute atomic E-state index is 0.264. The van der Waals surface area contributed by atoms with Crippen molar-refractivity contribution in [3.05, 3.63) is 35.4 Å². The zero-order chi connectivity index (χ0) is 13.7. The van der Waals surface area contributed by atoms with Crippen molar-refractivity contribution in [2.24, 2.45) is 0 Å². The van der Waals surface area contributed by atoms with Crippen molar-refractivity contribution in [3.8, 4) is 6.07 Å². The first-order valence-corrected chi connectivity index (χ1v) is 6.73. The van der Waals surface area contributed by atoms with E-state index in [0.717, 1.165) is 26.2 Å². The molecule has 0 amide bonds. The molecule has 1 aliphatic rings. The molecule has 1 aromatic rings. The van der Waals surface area contributed by atoms with Gasteiger partial charge in [0.15, 0.2) is 0 Å². The van der Waals surface area contributed by atoms with Crippen LogP contribution in [-0.2, 0) is 4.74 Å². The Morgan fingerprint density at radius 1 is 1.47 bits per heavy atom. The average molecular weight is 259 g/mol. The Bertz CT molecular complexity index is 432. The molecule has 1 fully saturated rings. The fourth-order valence-electron chi connectivity index (χ4n) is 2.31. The summed E-state index contributed by atoms with van der Waals surface area (Å²) in [7, 11) is 2.11. The van der Waals surface area contributed by atoms with Gasteiger partial charge in [0.05, 0.1) is 24.3 Å². The van der Waals surface area contributed by atoms with E-state index in [2.05, 4.69) is 30.3 Å². The average Bonchev–Trinajstić information content (AvgIpc) is 2.47. The predicted molar refractivity (Wildman–Crippen MR) is 74.8 cm³/mol. The van der Waals surface area contributed by atoms with E-state index in [1.165, 1.54) is 5.56 Å². The molecule has 2 unspecified atom stereocenters. The van der Waals surface area contributed by atoms with Crippen LogP contribution in [0.25, 0.3) is 0 Å². The second kappa shape index (κ2) is 6.67. The Labute approximate surface area is 115 Å². The number of morpholine rings is 1. The Balaban J connectivity index is 1.93. The van der Waals surface area contributed by atoms with Crippen molar-refractivity contribution < 1.29 is 4.74 Å². The number of nitrogens with one attached hydrogen (secondary N) is 1. The van der Waals surface area contributed by atoms with Crippen molar-refractivity contribution >= 4 is 0 Å². The first-order chi connectivity index (χ1) is 9.20. The molecule has 0 saturated carbocycles. The van der Waals surface area contributed by atoms with Crippen LogP contribution < -0.4 is 5.32 Å². The minimum atomic E-state index is 0.264. The molecule has 0 aromatic heterocycles. The molecule has 1 heterocycles. The van der Waals surface area contributed by atoms with Crippen molar-refractivity contribution in [1.82, 2.24) is 10.2 Å². The highest BCUT2D eigenvalue weighted by atomic mass is 16.5. The topological polar surface area (TPSA) is 48.3 Å². The third-order valence-electron chi connectivity index (χ3n) is 3.68. The van der Waals surface area contributed by atoms with Crippen LogP contribution in [0.2, 0.25) is 0 Å². The van der Waals surface area contributed by atoms with Crippen LogP contribution in [0.5, 0.6) is 0 Å². The van der Waals surface area contributed by atoms with Crippen LogP contribution in [-0.4, -0.2) is 44.3 Å². The lowest BCUT2D eigenvalue weighted by molar-refractivity contribution is 0.00393. The maximum Gasteiger partial charge on any atom is 0.0991 e. The standard InChI is InChI=1S/C15H21N3O/c1-12(14-5-3-13(9-16)4-6-14)18(2)11-15-10-17-7-8-19-15/h3-6,12,15,17H,7-8,10-11H2,1-2H3. The monoisotopic (exact) mass is 259 g/mol. The van der Waals surface area contributed by atoms with Crippen LogP contribution in [0.3, 0.4) is 0 Å². The van der Waals surface area contributed by atoms with Gasteiger partial charge in [0.25, 0.3) is 0 Å². The van der Waals surface area contributed by atoms with Crippen molar-refractivity contribution in [2.45, 2.75) is 19.1 Å². The number of hydrogen-bond acceptors (Lipinski definition) is 4. The lowest BCUT2D eigenvalue weighted by Crippen LogP contribution is -2.44. The molecule has 4 heteroatoms. The van der Waals surface area contributed by atoms with Gasteiger partial charge in [-0.15, -0.1) is 0 Å². The summed E-state index contributed by atoms with van der Waals surface area (Å²) in [6.07, 6.45) is 0.264. The highest BCUT2D eigenvalue weighted by molar-refractivity contribution is 5.32. The van der Waals surface area contributed by atoms with Crippen molar-refractivity contribution in [3.63, 3.8) is 0 Å². The zero-order valence-corrected chi connectivity index (χ0v) is 11.6. The molecule has 4 nitrogen and oxygen atoms in total. The first kappa shape index (κ1) is 14.0. The maximum absolute atomic E-state index is 8.81. The lowest BCUT2D eigenvalue weighted by atomic mass is 10.1. The summed E-state index contributed by atoms with van der Waals surface area (Å²) in [5.41, 5.74) is 1.93. The molecule has 1 saturated heterocycles. The van der Waals surface area contributed by atoms with Crippen molar-refractivity contribution in [2.75, 3.05) is 33.3 Å². The molecule has 1 aromatic carbocycles. The number of likely N-dealkylation sites (N-methyl/N-ethyl adjacent to an activating group) is 1. The van der Waals surface area contributed by atoms with Crippen LogP contribution in [0.1, 0.15) is 24.1 Å². The van der Waals surface area contributed by atoms with E-state index in [9.17, 15) is 0 Å². The Morgan fingerprint density at radius 2 is 2.21 bits per heavy atom. The lowest BCUT2D eigenvalue weighted by Gasteiger charge is -2.31. The molecule has 102 valence electrons. The number of nitrogens with zero attached hydrogens (tertiary/aromatic N) is 2. The third-order valence-corrected chi connectivity index (χ3v) is 3.68. The summed E-state index contributed by atoms with van der Waals surface area (Å²) < 4.78 is 5.72. The molecular weight excluding hydrogens is 238 g/mol. The number of rotatable bonds is 4. The summed E-state index contributed by atoms with van der Waals surface area (Å²) in [4.78, 5) is 2.29. The Kier molecular flexibility index (Phi) is 4.92. The second-order valence-electron chi connectivity index (χ2n) is 5.05. The van der Waals surface area contributed by atoms with E-state index in [-0.39, 0.29) is 6.10 Å². The summed E-state index contributed by atoms with van der Waals surface area (Å²) in [5, 5.41) is 12.2. The fourth-order valence-corrected chi connectivity index (χ4v) is 2.31. The maximum atomic E-state index is 8.81. The van der Waals surface area contributed by atoms with Crippen LogP contribution >= 0.6 is 0 Å². The van der Waals surface area contributed by atoms with Gasteiger partial charge >= 0.3 is 0 Å². The first-order valence-electron chi connectivity index (χ1n) is 6.73. The predicted octanol–water partition coefficient (Wildman–Crippen LogP) is 1.54. The van der Waals surface area contributed by atoms with Gasteiger partial charge in [-0.1, -0.05) is 12.1 Å². The molecule has 2 atom stereocenters. The molecule has 0 aliphatic carbocycles. The van der Waals surface area contributed by atoms with E-state index in [4.69, 9.17) is 10.00 Å². The Morgan fingerprint density at radius 3 is 2.79 bits per heavy atom. The quantitative estimate of drug-likeness (QED) is 0.891. The summed E-state index contributed by atoms with van der Waals surface area (Å²) in [6, 6.07) is 10.3. The minimum Gasteiger partial charge on any atom is -0.374 e. The van der Waals surface area contributed by atoms with E-state index in [1.54, 1.807) is 0 Å². The number of ether oxygens (including phenoxy) is 1. The smallest absolute Gasteiger partial charge is 0.0991 e. The van der Waals surface area contributed by atoms with E-state index < -0.39 is 0 Å². The number of hydrogen-bond donors (Lipinski definition) is 1. The van der Waals surface area contributed by atoms with Gasteiger partial charge in [-0.05, 0) is 31.7 Å². The summed E-state index contributed by atoms with van der Waals surface area (Å²) in [5.74, 6) is 0. The van der Waals surface area contributed by atoms with Crippen molar-refractivity contribution in [1.29, 1.82) is 5.26 Å². The van der Waals surface area contributed by atoms with Gasteiger partial charge < -0.3 is 10.1 Å². The molecular formula is C15H21N3O. The molecule has 0 spiro atoms. The molecule has 2 rings (SSSR count). The Hall–Kier alpha value is -1.41. The molecule has 0 radical (unpaired) electrons. The van der Waals surface area contributed by atoms with Crippen LogP contribution in [0.4, 0.5) is 0 Å². The van der Waals surface area contributed by atoms with Crippen LogP contribution in [0, 0.1) is 11.3 Å². The van der Waals surface area contributed by atoms with Gasteiger partial charge in [-0.25, -0.2) is 0 Å². The molecule has 19 heavy (non-hydrogen) atoms. The van der Waals surface area contributed by atoms with Gasteiger partial charge in [0, 0.05) is 25.7 Å². The molecule has 0 bridgehead atoms. The number of nitriles is 1. The van der Waals surface area contributed by atoms with E-state index in [0.29, 0.717) is 11.6 Å². The van der Waals surface area contributed by atoms with Gasteiger partial charge in [-0.3, -0.25) is 4.90 Å². The summed E-state index contributed by atoms with van der Waals surface area (Å²) in [6.45, 7) is 5.76. The normalized spacial score (nSPS) is 21.1. The third kappa shape index (κ3) is 3.77. The SMILES string of the molecule is CC(c1ccc(C#N)cc1)N(C)CC1CNCCO1. The van der Waals surface area contributed by atoms with Gasteiger partial charge in [0.1, 0.15) is 0 Å². The molecule has 1 N–H and O–H groups in total. The second-order valence-corrected chi connectivity index (χ2v) is 5.05. The van der Waals surface area contributed by atoms with Gasteiger partial charge in [0.2, 0.25) is 0 Å². The fraction of sp³-hybridized carbons (Fsp3) is 0.533. The van der Waals surface area contributed by atoms with Crippen LogP contribution in [0.15, 0.2) is 24.3 Å². The van der Waals surface area contributed by atoms with E-state index >= 15 is 0 Å². The zero-order valence-electron chi connectivity index (χ0n) is 11.6. The van der Waals surface area contributed by atoms with E-state index in [1.807, 2.05) is 24.3 Å². The largest absolute Gasteiger partial charge is 0.374 e. The summed E-state index contributed by atoms with van der Waals surface area (Å²) >= 11 is 0.